The molecule has 1 aromatic rings. The van der Waals surface area contributed by atoms with Crippen LogP contribution >= 0.6 is 23.4 Å². The van der Waals surface area contributed by atoms with Gasteiger partial charge in [0.15, 0.2) is 0 Å². The van der Waals surface area contributed by atoms with Crippen LogP contribution in [0.15, 0.2) is 12.3 Å². The Kier molecular flexibility index (Phi) is 4.12. The zero-order valence-corrected chi connectivity index (χ0v) is 10.9. The maximum Gasteiger partial charge on any atom is 0.256 e. The number of rotatable bonds is 1. The topological polar surface area (TPSA) is 59.2 Å². The van der Waals surface area contributed by atoms with Gasteiger partial charge in [-0.3, -0.25) is 4.79 Å². The molecule has 1 aliphatic rings. The highest BCUT2D eigenvalue weighted by Gasteiger charge is 2.19. The zero-order valence-electron chi connectivity index (χ0n) is 9.36. The SMILES string of the molecule is Nc1cnc(Cl)cc1C(=O)N1CCCSCC1. The van der Waals surface area contributed by atoms with E-state index >= 15 is 0 Å². The first-order valence-electron chi connectivity index (χ1n) is 5.46. The number of pyridine rings is 1. The van der Waals surface area contributed by atoms with Gasteiger partial charge in [0.1, 0.15) is 5.15 Å². The van der Waals surface area contributed by atoms with Gasteiger partial charge < -0.3 is 10.6 Å². The van der Waals surface area contributed by atoms with Gasteiger partial charge in [0.05, 0.1) is 17.4 Å². The Morgan fingerprint density at radius 1 is 1.47 bits per heavy atom. The summed E-state index contributed by atoms with van der Waals surface area (Å²) in [5, 5.41) is 0.298. The van der Waals surface area contributed by atoms with Crippen LogP contribution in [0.25, 0.3) is 0 Å². The fourth-order valence-corrected chi connectivity index (χ4v) is 2.79. The predicted octanol–water partition coefficient (Wildman–Crippen LogP) is 1.90. The van der Waals surface area contributed by atoms with Crippen molar-refractivity contribution in [3.63, 3.8) is 0 Å². The third-order valence-electron chi connectivity index (χ3n) is 2.64. The van der Waals surface area contributed by atoms with E-state index in [0.717, 1.165) is 31.0 Å². The number of hydrogen-bond acceptors (Lipinski definition) is 4. The highest BCUT2D eigenvalue weighted by molar-refractivity contribution is 7.99. The van der Waals surface area contributed by atoms with Crippen LogP contribution in [0.2, 0.25) is 5.15 Å². The van der Waals surface area contributed by atoms with Crippen LogP contribution in [0.3, 0.4) is 0 Å². The lowest BCUT2D eigenvalue weighted by Crippen LogP contribution is -2.33. The van der Waals surface area contributed by atoms with Crippen molar-refractivity contribution in [2.75, 3.05) is 30.3 Å². The van der Waals surface area contributed by atoms with Gasteiger partial charge in [-0.1, -0.05) is 11.6 Å². The number of carbonyl (C=O) groups is 1. The second-order valence-electron chi connectivity index (χ2n) is 3.85. The van der Waals surface area contributed by atoms with Gasteiger partial charge in [-0.05, 0) is 18.2 Å². The van der Waals surface area contributed by atoms with Gasteiger partial charge in [-0.2, -0.15) is 11.8 Å². The number of nitrogens with two attached hydrogens (primary N) is 1. The number of carbonyl (C=O) groups excluding carboxylic acids is 1. The Labute approximate surface area is 110 Å². The normalized spacial score (nSPS) is 16.6. The lowest BCUT2D eigenvalue weighted by molar-refractivity contribution is 0.0769. The van der Waals surface area contributed by atoms with Gasteiger partial charge in [0, 0.05) is 18.8 Å². The quantitative estimate of drug-likeness (QED) is 0.793. The zero-order chi connectivity index (χ0) is 12.3. The summed E-state index contributed by atoms with van der Waals surface area (Å²) in [5.41, 5.74) is 6.60. The first-order chi connectivity index (χ1) is 8.18. The summed E-state index contributed by atoms with van der Waals surface area (Å²) < 4.78 is 0. The third kappa shape index (κ3) is 3.04. The Hall–Kier alpha value is -0.940. The van der Waals surface area contributed by atoms with Crippen LogP contribution in [0.1, 0.15) is 16.8 Å². The van der Waals surface area contributed by atoms with Crippen LogP contribution in [0, 0.1) is 0 Å². The van der Waals surface area contributed by atoms with E-state index in [-0.39, 0.29) is 5.91 Å². The van der Waals surface area contributed by atoms with Crippen molar-refractivity contribution in [1.29, 1.82) is 0 Å². The smallest absolute Gasteiger partial charge is 0.256 e. The van der Waals surface area contributed by atoms with Crippen molar-refractivity contribution >= 4 is 35.0 Å². The fourth-order valence-electron chi connectivity index (χ4n) is 1.75. The molecule has 92 valence electrons. The molecule has 0 saturated carbocycles. The molecule has 6 heteroatoms. The van der Waals surface area contributed by atoms with E-state index in [4.69, 9.17) is 17.3 Å². The van der Waals surface area contributed by atoms with Gasteiger partial charge in [-0.25, -0.2) is 4.98 Å². The minimum Gasteiger partial charge on any atom is -0.397 e. The highest BCUT2D eigenvalue weighted by atomic mass is 35.5. The van der Waals surface area contributed by atoms with E-state index in [1.54, 1.807) is 0 Å². The van der Waals surface area contributed by atoms with Gasteiger partial charge in [0.2, 0.25) is 0 Å². The fraction of sp³-hybridized carbons (Fsp3) is 0.455. The third-order valence-corrected chi connectivity index (χ3v) is 3.90. The monoisotopic (exact) mass is 271 g/mol. The predicted molar refractivity (Wildman–Crippen MR) is 71.5 cm³/mol. The molecule has 0 radical (unpaired) electrons. The largest absolute Gasteiger partial charge is 0.397 e. The summed E-state index contributed by atoms with van der Waals surface area (Å²) in [6.45, 7) is 1.55. The van der Waals surface area contributed by atoms with Crippen molar-refractivity contribution in [2.24, 2.45) is 0 Å². The minimum atomic E-state index is -0.0469. The number of amides is 1. The standard InChI is InChI=1S/C11H14ClN3OS/c12-10-6-8(9(13)7-14-10)11(16)15-2-1-4-17-5-3-15/h6-7H,1-5,13H2. The lowest BCUT2D eigenvalue weighted by atomic mass is 10.2. The maximum atomic E-state index is 12.3. The number of halogens is 1. The molecule has 0 spiro atoms. The van der Waals surface area contributed by atoms with Crippen molar-refractivity contribution < 1.29 is 4.79 Å². The molecule has 1 aliphatic heterocycles. The summed E-state index contributed by atoms with van der Waals surface area (Å²) in [6, 6.07) is 1.54. The molecule has 2 N–H and O–H groups in total. The number of thioether (sulfide) groups is 1. The van der Waals surface area contributed by atoms with Crippen LogP contribution < -0.4 is 5.73 Å². The summed E-state index contributed by atoms with van der Waals surface area (Å²) >= 11 is 7.67. The molecule has 4 nitrogen and oxygen atoms in total. The number of anilines is 1. The molecule has 2 rings (SSSR count). The van der Waals surface area contributed by atoms with Crippen molar-refractivity contribution in [1.82, 2.24) is 9.88 Å². The first kappa shape index (κ1) is 12.5. The summed E-state index contributed by atoms with van der Waals surface area (Å²) in [7, 11) is 0. The summed E-state index contributed by atoms with van der Waals surface area (Å²) in [4.78, 5) is 18.0. The van der Waals surface area contributed by atoms with Gasteiger partial charge in [0.25, 0.3) is 5.91 Å². The van der Waals surface area contributed by atoms with E-state index in [1.165, 1.54) is 12.3 Å². The van der Waals surface area contributed by atoms with Gasteiger partial charge >= 0.3 is 0 Å². The average molecular weight is 272 g/mol. The van der Waals surface area contributed by atoms with Crippen LogP contribution in [-0.4, -0.2) is 40.4 Å². The molecule has 0 unspecified atom stereocenters. The molecule has 2 heterocycles. The summed E-state index contributed by atoms with van der Waals surface area (Å²) in [5.74, 6) is 2.04. The molecule has 1 saturated heterocycles. The Morgan fingerprint density at radius 3 is 3.12 bits per heavy atom. The number of nitrogens with zero attached hydrogens (tertiary/aromatic N) is 2. The molecule has 1 amide bonds. The molecule has 0 bridgehead atoms. The number of nitrogen functional groups attached to an aromatic ring is 1. The molecular formula is C11H14ClN3OS. The van der Waals surface area contributed by atoms with E-state index in [2.05, 4.69) is 4.98 Å². The van der Waals surface area contributed by atoms with Crippen molar-refractivity contribution in [3.05, 3.63) is 23.0 Å². The number of aromatic nitrogens is 1. The van der Waals surface area contributed by atoms with Crippen LogP contribution in [0.5, 0.6) is 0 Å². The van der Waals surface area contributed by atoms with E-state index < -0.39 is 0 Å². The first-order valence-corrected chi connectivity index (χ1v) is 7.00. The molecule has 1 fully saturated rings. The summed E-state index contributed by atoms with van der Waals surface area (Å²) in [6.07, 6.45) is 2.46. The van der Waals surface area contributed by atoms with Crippen LogP contribution in [0.4, 0.5) is 5.69 Å². The lowest BCUT2D eigenvalue weighted by Gasteiger charge is -2.20. The molecule has 0 atom stereocenters. The maximum absolute atomic E-state index is 12.3. The average Bonchev–Trinajstić information content (AvgIpc) is 2.60. The second-order valence-corrected chi connectivity index (χ2v) is 5.46. The Balaban J connectivity index is 2.20. The molecule has 1 aromatic heterocycles. The number of hydrogen-bond donors (Lipinski definition) is 1. The molecule has 0 aromatic carbocycles. The van der Waals surface area contributed by atoms with Crippen molar-refractivity contribution in [3.8, 4) is 0 Å². The van der Waals surface area contributed by atoms with Crippen LogP contribution in [-0.2, 0) is 0 Å². The molecule has 0 aliphatic carbocycles. The Bertz CT molecular complexity index is 419. The molecular weight excluding hydrogens is 258 g/mol. The van der Waals surface area contributed by atoms with E-state index in [0.29, 0.717) is 16.4 Å². The second kappa shape index (κ2) is 5.60. The minimum absolute atomic E-state index is 0.0469. The van der Waals surface area contributed by atoms with E-state index in [1.807, 2.05) is 16.7 Å². The van der Waals surface area contributed by atoms with E-state index in [9.17, 15) is 4.79 Å². The van der Waals surface area contributed by atoms with Crippen molar-refractivity contribution in [2.45, 2.75) is 6.42 Å². The van der Waals surface area contributed by atoms with Gasteiger partial charge in [-0.15, -0.1) is 0 Å². The molecule has 17 heavy (non-hydrogen) atoms. The highest BCUT2D eigenvalue weighted by Crippen LogP contribution is 2.19. The Morgan fingerprint density at radius 2 is 2.29 bits per heavy atom.